The summed E-state index contributed by atoms with van der Waals surface area (Å²) in [5.41, 5.74) is -0.422. The number of H-pyrrole nitrogens is 1. The van der Waals surface area contributed by atoms with Crippen molar-refractivity contribution in [2.75, 3.05) is 0 Å². The molecule has 0 spiro atoms. The van der Waals surface area contributed by atoms with Gasteiger partial charge in [0.15, 0.2) is 1.41 Å². The fourth-order valence-corrected chi connectivity index (χ4v) is 0.559. The highest BCUT2D eigenvalue weighted by Crippen LogP contribution is 2.14. The molecule has 0 aliphatic carbocycles. The Morgan fingerprint density at radius 2 is 2.56 bits per heavy atom. The van der Waals surface area contributed by atoms with Crippen LogP contribution in [0.15, 0.2) is 12.3 Å². The standard InChI is InChI=1S/C6H10N2O/c1-6(2,9)5-3-4-7-8-5/h3-4,9H,1-2H3,(H,7,8)/i/hD. The van der Waals surface area contributed by atoms with Gasteiger partial charge in [0.05, 0.1) is 5.69 Å². The molecule has 9 heavy (non-hydrogen) atoms. The minimum absolute atomic E-state index is 0.516. The molecule has 3 heteroatoms. The molecule has 1 aromatic heterocycles. The highest BCUT2D eigenvalue weighted by atomic mass is 16.3. The van der Waals surface area contributed by atoms with E-state index in [-0.39, 0.29) is 0 Å². The first-order valence-corrected chi connectivity index (χ1v) is 2.78. The molecule has 2 N–H and O–H groups in total. The van der Waals surface area contributed by atoms with Gasteiger partial charge in [-0.05, 0) is 19.9 Å². The zero-order valence-electron chi connectivity index (χ0n) is 6.50. The molecule has 0 amide bonds. The molecule has 0 bridgehead atoms. The van der Waals surface area contributed by atoms with E-state index < -0.39 is 5.60 Å². The molecule has 1 rings (SSSR count). The number of nitrogens with zero attached hydrogens (tertiary/aromatic N) is 1. The van der Waals surface area contributed by atoms with Crippen LogP contribution in [0, 0.1) is 0 Å². The Morgan fingerprint density at radius 1 is 1.89 bits per heavy atom. The number of hydrogen-bond acceptors (Lipinski definition) is 2. The summed E-state index contributed by atoms with van der Waals surface area (Å²) in [4.78, 5) is 0. The zero-order chi connectivity index (χ0) is 7.78. The predicted molar refractivity (Wildman–Crippen MR) is 33.8 cm³/mol. The minimum Gasteiger partial charge on any atom is -0.384 e. The van der Waals surface area contributed by atoms with Crippen molar-refractivity contribution in [1.29, 1.82) is 0 Å². The van der Waals surface area contributed by atoms with Gasteiger partial charge in [-0.15, -0.1) is 0 Å². The summed E-state index contributed by atoms with van der Waals surface area (Å²) in [5, 5.41) is 14.0. The van der Waals surface area contributed by atoms with E-state index >= 15 is 0 Å². The van der Waals surface area contributed by atoms with Crippen LogP contribution in [0.5, 0.6) is 0 Å². The average molecular weight is 127 g/mol. The molecule has 0 saturated heterocycles. The summed E-state index contributed by atoms with van der Waals surface area (Å²) in [6.45, 7) is 3.27. The van der Waals surface area contributed by atoms with Crippen molar-refractivity contribution in [2.45, 2.75) is 19.4 Å². The molecule has 0 aliphatic heterocycles. The van der Waals surface area contributed by atoms with Crippen molar-refractivity contribution in [1.82, 2.24) is 10.2 Å². The van der Waals surface area contributed by atoms with E-state index in [1.165, 1.54) is 6.20 Å². The fourth-order valence-electron chi connectivity index (χ4n) is 0.559. The lowest BCUT2D eigenvalue weighted by atomic mass is 10.1. The lowest BCUT2D eigenvalue weighted by Crippen LogP contribution is -2.15. The van der Waals surface area contributed by atoms with Gasteiger partial charge >= 0.3 is 0 Å². The molecular formula is C6H10N2O. The minimum atomic E-state index is -0.938. The van der Waals surface area contributed by atoms with Crippen LogP contribution < -0.4 is 0 Å². The summed E-state index contributed by atoms with van der Waals surface area (Å²) in [7, 11) is 0. The van der Waals surface area contributed by atoms with E-state index in [0.717, 1.165) is 5.09 Å². The topological polar surface area (TPSA) is 48.9 Å². The van der Waals surface area contributed by atoms with Gasteiger partial charge in [-0.3, -0.25) is 5.09 Å². The van der Waals surface area contributed by atoms with Gasteiger partial charge in [0.25, 0.3) is 0 Å². The van der Waals surface area contributed by atoms with Crippen molar-refractivity contribution in [2.24, 2.45) is 0 Å². The van der Waals surface area contributed by atoms with Crippen LogP contribution in [0.1, 0.15) is 19.5 Å². The van der Waals surface area contributed by atoms with Gasteiger partial charge < -0.3 is 5.11 Å². The quantitative estimate of drug-likeness (QED) is 0.581. The van der Waals surface area contributed by atoms with Crippen molar-refractivity contribution in [3.63, 3.8) is 0 Å². The largest absolute Gasteiger partial charge is 0.384 e. The Hall–Kier alpha value is -0.830. The molecule has 0 saturated carbocycles. The average Bonchev–Trinajstić information content (AvgIpc) is 2.11. The number of rotatable bonds is 1. The summed E-state index contributed by atoms with van der Waals surface area (Å²) in [6, 6.07) is 1.62. The molecule has 0 unspecified atom stereocenters. The maximum absolute atomic E-state index is 9.34. The molecule has 0 aromatic carbocycles. The molecule has 1 heterocycles. The van der Waals surface area contributed by atoms with E-state index in [2.05, 4.69) is 5.10 Å². The first-order chi connectivity index (χ1) is 4.50. The van der Waals surface area contributed by atoms with Crippen LogP contribution in [0.4, 0.5) is 0 Å². The van der Waals surface area contributed by atoms with Crippen molar-refractivity contribution in [3.05, 3.63) is 18.0 Å². The monoisotopic (exact) mass is 127 g/mol. The van der Waals surface area contributed by atoms with Crippen LogP contribution >= 0.6 is 0 Å². The van der Waals surface area contributed by atoms with Crippen molar-refractivity contribution in [3.8, 4) is 0 Å². The number of nitrogens with one attached hydrogen (secondary N) is 1. The number of hydrogen-bond donors (Lipinski definition) is 2. The lowest BCUT2D eigenvalue weighted by Gasteiger charge is -2.12. The second kappa shape index (κ2) is 1.84. The Kier molecular flexibility index (Phi) is 1.02. The third-order valence-corrected chi connectivity index (χ3v) is 1.09. The smallest absolute Gasteiger partial charge is 0.189 e. The van der Waals surface area contributed by atoms with E-state index in [9.17, 15) is 5.11 Å². The van der Waals surface area contributed by atoms with Gasteiger partial charge in [-0.25, -0.2) is 0 Å². The first-order valence-electron chi connectivity index (χ1n) is 3.22. The normalized spacial score (nSPS) is 13.4. The van der Waals surface area contributed by atoms with Gasteiger partial charge in [0.2, 0.25) is 0 Å². The molecule has 0 atom stereocenters. The SMILES string of the molecule is [2H]n1ccc(C(C)(C)O)n1. The highest BCUT2D eigenvalue weighted by Gasteiger charge is 2.17. The third kappa shape index (κ3) is 1.29. The lowest BCUT2D eigenvalue weighted by molar-refractivity contribution is 0.0738. The van der Waals surface area contributed by atoms with Crippen LogP contribution in [-0.2, 0) is 5.60 Å². The number of aromatic amines is 1. The highest BCUT2D eigenvalue weighted by molar-refractivity contribution is 5.05. The first kappa shape index (κ1) is 4.99. The summed E-state index contributed by atoms with van der Waals surface area (Å²) in [6.07, 6.45) is 1.48. The molecule has 3 nitrogen and oxygen atoms in total. The molecule has 50 valence electrons. The second-order valence-electron chi connectivity index (χ2n) is 2.48. The molecular weight excluding hydrogens is 116 g/mol. The molecule has 0 fully saturated rings. The van der Waals surface area contributed by atoms with E-state index in [1.807, 2.05) is 0 Å². The van der Waals surface area contributed by atoms with Gasteiger partial charge in [0.1, 0.15) is 5.60 Å². The molecule has 1 aromatic rings. The van der Waals surface area contributed by atoms with Gasteiger partial charge in [0, 0.05) is 6.20 Å². The van der Waals surface area contributed by atoms with Crippen LogP contribution in [0.2, 0.25) is 1.41 Å². The summed E-state index contributed by atoms with van der Waals surface area (Å²) in [5.74, 6) is 0. The number of aliphatic hydroxyl groups is 1. The second-order valence-corrected chi connectivity index (χ2v) is 2.48. The summed E-state index contributed by atoms with van der Waals surface area (Å²) >= 11 is 0. The van der Waals surface area contributed by atoms with Gasteiger partial charge in [-0.2, -0.15) is 5.10 Å². The Morgan fingerprint density at radius 3 is 2.78 bits per heavy atom. The Labute approximate surface area is 55.2 Å². The predicted octanol–water partition coefficient (Wildman–Crippen LogP) is 0.637. The van der Waals surface area contributed by atoms with Crippen molar-refractivity contribution >= 4 is 0 Å². The Balaban J connectivity index is 2.96. The summed E-state index contributed by atoms with van der Waals surface area (Å²) < 4.78 is 6.99. The zero-order valence-corrected chi connectivity index (χ0v) is 5.50. The van der Waals surface area contributed by atoms with Crippen LogP contribution in [-0.4, -0.2) is 15.3 Å². The maximum atomic E-state index is 9.34. The third-order valence-electron chi connectivity index (χ3n) is 1.09. The molecule has 0 radical (unpaired) electrons. The van der Waals surface area contributed by atoms with Crippen LogP contribution in [0.3, 0.4) is 0 Å². The van der Waals surface area contributed by atoms with Crippen molar-refractivity contribution < 1.29 is 6.52 Å². The van der Waals surface area contributed by atoms with E-state index in [1.54, 1.807) is 19.9 Å². The van der Waals surface area contributed by atoms with E-state index in [0.29, 0.717) is 5.69 Å². The number of aromatic nitrogens is 2. The molecule has 0 aliphatic rings. The maximum Gasteiger partial charge on any atom is 0.189 e. The van der Waals surface area contributed by atoms with Crippen LogP contribution in [0.25, 0.3) is 0 Å². The van der Waals surface area contributed by atoms with Gasteiger partial charge in [-0.1, -0.05) is 0 Å². The van der Waals surface area contributed by atoms with E-state index in [4.69, 9.17) is 1.41 Å². The fraction of sp³-hybridized carbons (Fsp3) is 0.500. The Bertz CT molecular complexity index is 226.